The number of aryl methyl sites for hydroxylation is 1. The third-order valence-corrected chi connectivity index (χ3v) is 2.51. The number of hydrogen-bond donors (Lipinski definition) is 1. The fraction of sp³-hybridized carbons (Fsp3) is 0.133. The number of benzene rings is 1. The van der Waals surface area contributed by atoms with Crippen LogP contribution < -0.4 is 5.32 Å². The first-order valence-electron chi connectivity index (χ1n) is 5.79. The number of hydrogen-bond acceptors (Lipinski definition) is 2. The van der Waals surface area contributed by atoms with E-state index < -0.39 is 0 Å². The molecular weight excluding hydrogens is 226 g/mol. The highest BCUT2D eigenvalue weighted by Gasteiger charge is 2.10. The van der Waals surface area contributed by atoms with Crippen LogP contribution in [0.3, 0.4) is 0 Å². The summed E-state index contributed by atoms with van der Waals surface area (Å²) >= 11 is 0. The van der Waals surface area contributed by atoms with E-state index in [2.05, 4.69) is 5.32 Å². The van der Waals surface area contributed by atoms with Crippen molar-refractivity contribution in [1.29, 1.82) is 0 Å². The SMILES string of the molecule is C/C=C/NC(=O)c1ccc(-c2cccc(C)c2)o1. The van der Waals surface area contributed by atoms with Gasteiger partial charge in [0.15, 0.2) is 5.76 Å². The molecule has 92 valence electrons. The molecule has 2 aromatic rings. The minimum absolute atomic E-state index is 0.244. The molecule has 0 aliphatic heterocycles. The Bertz CT molecular complexity index is 582. The summed E-state index contributed by atoms with van der Waals surface area (Å²) in [6.45, 7) is 3.85. The summed E-state index contributed by atoms with van der Waals surface area (Å²) in [5, 5.41) is 2.61. The molecule has 0 radical (unpaired) electrons. The van der Waals surface area contributed by atoms with Crippen LogP contribution in [0.15, 0.2) is 53.1 Å². The zero-order chi connectivity index (χ0) is 13.0. The van der Waals surface area contributed by atoms with Crippen LogP contribution in [0.4, 0.5) is 0 Å². The maximum absolute atomic E-state index is 11.7. The fourth-order valence-electron chi connectivity index (χ4n) is 1.64. The number of carbonyl (C=O) groups is 1. The molecule has 0 saturated heterocycles. The predicted octanol–water partition coefficient (Wildman–Crippen LogP) is 3.52. The van der Waals surface area contributed by atoms with Crippen LogP contribution in [0.5, 0.6) is 0 Å². The molecule has 1 N–H and O–H groups in total. The van der Waals surface area contributed by atoms with E-state index >= 15 is 0 Å². The molecule has 0 aliphatic carbocycles. The van der Waals surface area contributed by atoms with Gasteiger partial charge in [-0.25, -0.2) is 0 Å². The van der Waals surface area contributed by atoms with Gasteiger partial charge in [-0.15, -0.1) is 0 Å². The molecule has 0 saturated carbocycles. The number of furan rings is 1. The summed E-state index contributed by atoms with van der Waals surface area (Å²) in [4.78, 5) is 11.7. The summed E-state index contributed by atoms with van der Waals surface area (Å²) in [6, 6.07) is 11.4. The topological polar surface area (TPSA) is 42.2 Å². The van der Waals surface area contributed by atoms with Gasteiger partial charge in [-0.2, -0.15) is 0 Å². The van der Waals surface area contributed by atoms with Gasteiger partial charge in [-0.1, -0.05) is 29.8 Å². The lowest BCUT2D eigenvalue weighted by atomic mass is 10.1. The minimum atomic E-state index is -0.244. The molecule has 1 aromatic heterocycles. The van der Waals surface area contributed by atoms with E-state index in [1.54, 1.807) is 24.4 Å². The molecule has 1 heterocycles. The Hall–Kier alpha value is -2.29. The molecule has 0 bridgehead atoms. The predicted molar refractivity (Wildman–Crippen MR) is 71.2 cm³/mol. The van der Waals surface area contributed by atoms with E-state index in [0.29, 0.717) is 11.5 Å². The largest absolute Gasteiger partial charge is 0.451 e. The Balaban J connectivity index is 2.23. The van der Waals surface area contributed by atoms with Crippen LogP contribution in [0, 0.1) is 6.92 Å². The van der Waals surface area contributed by atoms with Gasteiger partial charge in [-0.3, -0.25) is 4.79 Å². The molecule has 3 heteroatoms. The molecule has 0 spiro atoms. The van der Waals surface area contributed by atoms with Gasteiger partial charge in [0, 0.05) is 5.56 Å². The van der Waals surface area contributed by atoms with Crippen molar-refractivity contribution in [3.63, 3.8) is 0 Å². The van der Waals surface area contributed by atoms with E-state index in [0.717, 1.165) is 11.1 Å². The number of carbonyl (C=O) groups excluding carboxylic acids is 1. The molecule has 1 amide bonds. The first-order valence-corrected chi connectivity index (χ1v) is 5.79. The molecule has 2 rings (SSSR count). The zero-order valence-corrected chi connectivity index (χ0v) is 10.4. The van der Waals surface area contributed by atoms with Crippen molar-refractivity contribution in [2.45, 2.75) is 13.8 Å². The highest BCUT2D eigenvalue weighted by Crippen LogP contribution is 2.22. The molecule has 0 unspecified atom stereocenters. The van der Waals surface area contributed by atoms with E-state index in [4.69, 9.17) is 4.42 Å². The average Bonchev–Trinajstić information content (AvgIpc) is 2.85. The second-order valence-electron chi connectivity index (χ2n) is 4.01. The lowest BCUT2D eigenvalue weighted by Gasteiger charge is -1.99. The van der Waals surface area contributed by atoms with Crippen LogP contribution in [0.2, 0.25) is 0 Å². The standard InChI is InChI=1S/C15H15NO2/c1-3-9-16-15(17)14-8-7-13(18-14)12-6-4-5-11(2)10-12/h3-10H,1-2H3,(H,16,17)/b9-3+. The van der Waals surface area contributed by atoms with E-state index in [-0.39, 0.29) is 5.91 Å². The van der Waals surface area contributed by atoms with Crippen molar-refractivity contribution in [3.05, 3.63) is 60.0 Å². The number of amides is 1. The van der Waals surface area contributed by atoms with Gasteiger partial charge < -0.3 is 9.73 Å². The van der Waals surface area contributed by atoms with Crippen molar-refractivity contribution < 1.29 is 9.21 Å². The molecule has 3 nitrogen and oxygen atoms in total. The number of allylic oxidation sites excluding steroid dienone is 1. The van der Waals surface area contributed by atoms with Gasteiger partial charge in [0.2, 0.25) is 0 Å². The van der Waals surface area contributed by atoms with Gasteiger partial charge in [0.25, 0.3) is 5.91 Å². The normalized spacial score (nSPS) is 10.8. The Labute approximate surface area is 106 Å². The first kappa shape index (κ1) is 12.2. The molecule has 1 aromatic carbocycles. The molecular formula is C15H15NO2. The van der Waals surface area contributed by atoms with E-state index in [9.17, 15) is 4.79 Å². The maximum atomic E-state index is 11.7. The van der Waals surface area contributed by atoms with Gasteiger partial charge >= 0.3 is 0 Å². The minimum Gasteiger partial charge on any atom is -0.451 e. The third kappa shape index (κ3) is 2.69. The van der Waals surface area contributed by atoms with Gasteiger partial charge in [0.05, 0.1) is 0 Å². The van der Waals surface area contributed by atoms with E-state index in [1.165, 1.54) is 0 Å². The zero-order valence-electron chi connectivity index (χ0n) is 10.4. The highest BCUT2D eigenvalue weighted by atomic mass is 16.3. The van der Waals surface area contributed by atoms with Crippen LogP contribution in [0.1, 0.15) is 23.0 Å². The summed E-state index contributed by atoms with van der Waals surface area (Å²) in [5.41, 5.74) is 2.13. The van der Waals surface area contributed by atoms with Crippen molar-refractivity contribution >= 4 is 5.91 Å². The van der Waals surface area contributed by atoms with Crippen molar-refractivity contribution in [2.24, 2.45) is 0 Å². The monoisotopic (exact) mass is 241 g/mol. The Morgan fingerprint density at radius 1 is 1.28 bits per heavy atom. The maximum Gasteiger partial charge on any atom is 0.290 e. The van der Waals surface area contributed by atoms with Crippen molar-refractivity contribution in [1.82, 2.24) is 5.32 Å². The molecule has 0 aliphatic rings. The highest BCUT2D eigenvalue weighted by molar-refractivity contribution is 5.92. The molecule has 18 heavy (non-hydrogen) atoms. The Morgan fingerprint density at radius 3 is 2.83 bits per heavy atom. The lowest BCUT2D eigenvalue weighted by molar-refractivity contribution is 0.0943. The summed E-state index contributed by atoms with van der Waals surface area (Å²) in [6.07, 6.45) is 3.33. The van der Waals surface area contributed by atoms with Gasteiger partial charge in [-0.05, 0) is 38.2 Å². The molecule has 0 atom stereocenters. The van der Waals surface area contributed by atoms with Gasteiger partial charge in [0.1, 0.15) is 5.76 Å². The second-order valence-corrected chi connectivity index (χ2v) is 4.01. The van der Waals surface area contributed by atoms with Crippen molar-refractivity contribution in [2.75, 3.05) is 0 Å². The Kier molecular flexibility index (Phi) is 3.63. The number of nitrogens with one attached hydrogen (secondary N) is 1. The summed E-state index contributed by atoms with van der Waals surface area (Å²) in [5.74, 6) is 0.765. The Morgan fingerprint density at radius 2 is 2.11 bits per heavy atom. The van der Waals surface area contributed by atoms with E-state index in [1.807, 2.05) is 38.1 Å². The smallest absolute Gasteiger partial charge is 0.290 e. The summed E-state index contributed by atoms with van der Waals surface area (Å²) < 4.78 is 5.54. The summed E-state index contributed by atoms with van der Waals surface area (Å²) in [7, 11) is 0. The quantitative estimate of drug-likeness (QED) is 0.893. The molecule has 0 fully saturated rings. The van der Waals surface area contributed by atoms with Crippen LogP contribution in [0.25, 0.3) is 11.3 Å². The van der Waals surface area contributed by atoms with Crippen molar-refractivity contribution in [3.8, 4) is 11.3 Å². The number of rotatable bonds is 3. The van der Waals surface area contributed by atoms with Crippen LogP contribution >= 0.6 is 0 Å². The van der Waals surface area contributed by atoms with Crippen LogP contribution in [-0.2, 0) is 0 Å². The first-order chi connectivity index (χ1) is 8.70. The third-order valence-electron chi connectivity index (χ3n) is 2.51. The second kappa shape index (κ2) is 5.36. The fourth-order valence-corrected chi connectivity index (χ4v) is 1.64. The van der Waals surface area contributed by atoms with Crippen LogP contribution in [-0.4, -0.2) is 5.91 Å². The average molecular weight is 241 g/mol. The lowest BCUT2D eigenvalue weighted by Crippen LogP contribution is -2.15.